The number of para-hydroxylation sites is 1. The van der Waals surface area contributed by atoms with Gasteiger partial charge in [-0.3, -0.25) is 53.1 Å². The van der Waals surface area contributed by atoms with E-state index in [4.69, 9.17) is 22.9 Å². The molecular weight excluding hydrogens is 1030 g/mol. The predicted octanol–water partition coefficient (Wildman–Crippen LogP) is -2.59. The van der Waals surface area contributed by atoms with E-state index in [0.29, 0.717) is 16.8 Å². The number of carbonyl (C=O) groups is 9. The molecule has 430 valence electrons. The van der Waals surface area contributed by atoms with Crippen LogP contribution in [-0.2, 0) is 62.4 Å². The number of H-pyrrole nitrogens is 2. The van der Waals surface area contributed by atoms with Crippen LogP contribution < -0.4 is 70.8 Å². The van der Waals surface area contributed by atoms with Gasteiger partial charge in [-0.15, -0.1) is 0 Å². The Labute approximate surface area is 462 Å². The number of amides is 9. The average molecular weight is 1110 g/mol. The molecule has 1 saturated carbocycles. The number of aromatic nitrogens is 3. The molecule has 19 N–H and O–H groups in total. The van der Waals surface area contributed by atoms with Crippen molar-refractivity contribution in [1.82, 2.24) is 62.8 Å². The number of benzene rings is 2. The van der Waals surface area contributed by atoms with E-state index in [0.717, 1.165) is 23.7 Å². The molecule has 27 heteroatoms. The molecule has 2 fully saturated rings. The number of guanidine groups is 2. The quantitative estimate of drug-likeness (QED) is 0.0261. The fraction of sp³-hybridized carbons (Fsp3) is 0.472. The van der Waals surface area contributed by atoms with Crippen LogP contribution in [0.1, 0.15) is 88.0 Å². The van der Waals surface area contributed by atoms with Gasteiger partial charge in [-0.2, -0.15) is 0 Å². The van der Waals surface area contributed by atoms with Crippen molar-refractivity contribution in [2.24, 2.45) is 32.9 Å². The van der Waals surface area contributed by atoms with Crippen LogP contribution in [0, 0.1) is 0 Å². The van der Waals surface area contributed by atoms with Gasteiger partial charge in [-0.25, -0.2) is 4.98 Å². The normalized spacial score (nSPS) is 21.4. The number of hydrogen-bond donors (Lipinski definition) is 15. The van der Waals surface area contributed by atoms with Crippen molar-refractivity contribution in [3.05, 3.63) is 90.1 Å². The molecule has 3 heterocycles. The van der Waals surface area contributed by atoms with Gasteiger partial charge >= 0.3 is 0 Å². The van der Waals surface area contributed by atoms with Crippen molar-refractivity contribution in [2.45, 2.75) is 139 Å². The maximum Gasteiger partial charge on any atom is 0.243 e. The molecule has 27 nitrogen and oxygen atoms in total. The fourth-order valence-corrected chi connectivity index (χ4v) is 9.00. The van der Waals surface area contributed by atoms with Crippen LogP contribution in [-0.4, -0.2) is 148 Å². The largest absolute Gasteiger partial charge is 0.370 e. The third-order valence-corrected chi connectivity index (χ3v) is 13.3. The van der Waals surface area contributed by atoms with Gasteiger partial charge in [0.2, 0.25) is 53.2 Å². The highest BCUT2D eigenvalue weighted by atomic mass is 16.2. The van der Waals surface area contributed by atoms with E-state index in [2.05, 4.69) is 72.8 Å². The number of nitrogens with zero attached hydrogens (tertiary/aromatic N) is 3. The van der Waals surface area contributed by atoms with E-state index >= 15 is 0 Å². The second-order valence-corrected chi connectivity index (χ2v) is 19.9. The van der Waals surface area contributed by atoms with Crippen LogP contribution in [0.5, 0.6) is 0 Å². The molecule has 0 spiro atoms. The van der Waals surface area contributed by atoms with E-state index in [1.807, 2.05) is 24.3 Å². The zero-order valence-electron chi connectivity index (χ0n) is 44.7. The second kappa shape index (κ2) is 30.2. The highest BCUT2D eigenvalue weighted by Gasteiger charge is 2.36. The van der Waals surface area contributed by atoms with Gasteiger partial charge in [-0.1, -0.05) is 48.5 Å². The Morgan fingerprint density at radius 1 is 0.688 bits per heavy atom. The first-order chi connectivity index (χ1) is 38.4. The molecule has 9 amide bonds. The Morgan fingerprint density at radius 2 is 1.31 bits per heavy atom. The van der Waals surface area contributed by atoms with Crippen molar-refractivity contribution < 1.29 is 43.2 Å². The minimum atomic E-state index is -1.48. The Morgan fingerprint density at radius 3 is 1.99 bits per heavy atom. The van der Waals surface area contributed by atoms with Crippen molar-refractivity contribution >= 4 is 76.0 Å². The topological polar surface area (TPSA) is 435 Å². The number of hydrogen-bond acceptors (Lipinski definition) is 12. The van der Waals surface area contributed by atoms with Gasteiger partial charge in [0.15, 0.2) is 11.9 Å². The number of carbonyl (C=O) groups excluding carboxylic acids is 9. The Hall–Kier alpha value is -9.04. The summed E-state index contributed by atoms with van der Waals surface area (Å²) in [6, 6.07) is 6.72. The maximum atomic E-state index is 14.8. The number of imidazole rings is 1. The van der Waals surface area contributed by atoms with Gasteiger partial charge in [0, 0.05) is 87.3 Å². The summed E-state index contributed by atoms with van der Waals surface area (Å²) >= 11 is 0. The third-order valence-electron chi connectivity index (χ3n) is 13.3. The summed E-state index contributed by atoms with van der Waals surface area (Å²) in [5.74, 6) is -6.74. The summed E-state index contributed by atoms with van der Waals surface area (Å²) in [5.41, 5.74) is 24.6. The van der Waals surface area contributed by atoms with Crippen molar-refractivity contribution in [3.8, 4) is 0 Å². The number of nitrogens with two attached hydrogens (primary N) is 4. The number of rotatable bonds is 19. The van der Waals surface area contributed by atoms with Crippen LogP contribution >= 0.6 is 0 Å². The molecule has 2 aromatic heterocycles. The lowest BCUT2D eigenvalue weighted by atomic mass is 10.0. The monoisotopic (exact) mass is 1110 g/mol. The van der Waals surface area contributed by atoms with Gasteiger partial charge in [0.1, 0.15) is 42.3 Å². The highest BCUT2D eigenvalue weighted by Crippen LogP contribution is 2.21. The van der Waals surface area contributed by atoms with E-state index in [1.165, 1.54) is 19.4 Å². The summed E-state index contributed by atoms with van der Waals surface area (Å²) in [4.78, 5) is 145. The Kier molecular flexibility index (Phi) is 22.7. The van der Waals surface area contributed by atoms with Crippen LogP contribution in [0.15, 0.2) is 83.3 Å². The molecule has 1 saturated heterocycles. The average Bonchev–Trinajstić information content (AvgIpc) is 3.92. The third kappa shape index (κ3) is 19.8. The molecule has 4 aromatic rings. The summed E-state index contributed by atoms with van der Waals surface area (Å²) in [7, 11) is 0. The van der Waals surface area contributed by atoms with Crippen molar-refractivity contribution in [2.75, 3.05) is 19.6 Å². The molecule has 80 heavy (non-hydrogen) atoms. The summed E-state index contributed by atoms with van der Waals surface area (Å²) in [6.07, 6.45) is 5.72. The van der Waals surface area contributed by atoms with Crippen molar-refractivity contribution in [1.29, 1.82) is 0 Å². The lowest BCUT2D eigenvalue weighted by molar-refractivity contribution is -0.136. The molecule has 1 aliphatic heterocycles. The molecular formula is C53H74N18O9. The minimum absolute atomic E-state index is 0.0266. The first-order valence-electron chi connectivity index (χ1n) is 26.8. The second-order valence-electron chi connectivity index (χ2n) is 19.9. The molecule has 1 aliphatic carbocycles. The summed E-state index contributed by atoms with van der Waals surface area (Å²) < 4.78 is 0. The lowest BCUT2D eigenvalue weighted by Crippen LogP contribution is -2.61. The molecule has 0 bridgehead atoms. The number of nitrogens with one attached hydrogen (secondary N) is 11. The summed E-state index contributed by atoms with van der Waals surface area (Å²) in [6.45, 7) is 1.43. The number of fused-ring (bicyclic) bond motifs is 1. The smallest absolute Gasteiger partial charge is 0.243 e. The van der Waals surface area contributed by atoms with E-state index < -0.39 is 95.5 Å². The van der Waals surface area contributed by atoms with Crippen LogP contribution in [0.3, 0.4) is 0 Å². The molecule has 6 rings (SSSR count). The molecule has 3 unspecified atom stereocenters. The van der Waals surface area contributed by atoms with E-state index in [-0.39, 0.29) is 108 Å². The Bertz CT molecular complexity index is 2830. The zero-order chi connectivity index (χ0) is 57.6. The van der Waals surface area contributed by atoms with Crippen LogP contribution in [0.25, 0.3) is 10.9 Å². The standard InChI is InChI=1S/C53H74N18O9/c1-30(72)64-37(14-8-22-60-52(54)55)46(75)68-40-19-20-44(73)59-21-7-15-38(45(74)65-33-17-18-33)66-50(79)42(25-32-27-62-36-13-6-5-12-35(32)36)70-47(76)39(16-9-23-61-53(56)57)67-49(78)41(24-31-10-3-2-4-11-31)69-51(80)43(71-48(40)77)26-34-28-58-29-63-34/h2-6,10-13,27-29,33,37-43,62H,7-9,14-26H2,1H3,(H,58,63)(H,59,73)(H,64,72)(H,65,74)(H,66,79)(H,67,78)(H,68,75)(H,69,80)(H,70,76)(H,71,77)(H4,54,55,60)(H4,56,57,61)/t37-,38?,39-,40?,41?,42-,43-/m0/s1. The van der Waals surface area contributed by atoms with Crippen LogP contribution in [0.4, 0.5) is 0 Å². The molecule has 2 aromatic carbocycles. The first-order valence-corrected chi connectivity index (χ1v) is 26.8. The van der Waals surface area contributed by atoms with Gasteiger partial charge in [0.05, 0.1) is 6.33 Å². The fourth-order valence-electron chi connectivity index (χ4n) is 9.00. The molecule has 0 radical (unpaired) electrons. The SMILES string of the molecule is CC(=O)N[C@@H](CCCN=C(N)N)C(=O)NC1CCC(=O)NCCCC(C(=O)NC2CC2)NC(=O)[C@H](Cc2c[nH]c3ccccc23)NC(=O)[C@H](CCCN=C(N)N)NC(=O)C(Cc2ccccc2)NC(=O)[C@H](Cc2cnc[nH]2)NC1=O. The molecule has 2 aliphatic rings. The lowest BCUT2D eigenvalue weighted by Gasteiger charge is -2.28. The van der Waals surface area contributed by atoms with Gasteiger partial charge in [0.25, 0.3) is 0 Å². The van der Waals surface area contributed by atoms with Crippen LogP contribution in [0.2, 0.25) is 0 Å². The predicted molar refractivity (Wildman–Crippen MR) is 296 cm³/mol. The maximum absolute atomic E-state index is 14.8. The highest BCUT2D eigenvalue weighted by molar-refractivity contribution is 5.98. The zero-order valence-corrected chi connectivity index (χ0v) is 44.7. The summed E-state index contributed by atoms with van der Waals surface area (Å²) in [5, 5.41) is 25.7. The van der Waals surface area contributed by atoms with Gasteiger partial charge in [-0.05, 0) is 75.0 Å². The Balaban J connectivity index is 1.38. The van der Waals surface area contributed by atoms with E-state index in [9.17, 15) is 43.2 Å². The minimum Gasteiger partial charge on any atom is -0.370 e. The van der Waals surface area contributed by atoms with Crippen molar-refractivity contribution in [3.63, 3.8) is 0 Å². The number of aliphatic imine (C=N–C) groups is 2. The number of aromatic amines is 2. The molecule has 7 atom stereocenters. The van der Waals surface area contributed by atoms with Gasteiger partial charge < -0.3 is 80.8 Å². The van der Waals surface area contributed by atoms with E-state index in [1.54, 1.807) is 36.5 Å². The first kappa shape index (κ1) is 60.2.